The van der Waals surface area contributed by atoms with Crippen LogP contribution in [0.15, 0.2) is 54.6 Å². The summed E-state index contributed by atoms with van der Waals surface area (Å²) in [6.45, 7) is 0. The number of aliphatic hydroxyl groups excluding tert-OH is 1. The molecule has 130 valence electrons. The van der Waals surface area contributed by atoms with Gasteiger partial charge < -0.3 is 15.5 Å². The molecule has 0 aromatic heterocycles. The van der Waals surface area contributed by atoms with Gasteiger partial charge in [-0.1, -0.05) is 42.5 Å². The monoisotopic (exact) mass is 344 g/mol. The van der Waals surface area contributed by atoms with E-state index < -0.39 is 28.9 Å². The molecule has 25 heavy (non-hydrogen) atoms. The lowest BCUT2D eigenvalue weighted by Gasteiger charge is -2.20. The third-order valence-corrected chi connectivity index (χ3v) is 3.53. The maximum atomic E-state index is 12.0. The normalized spacial score (nSPS) is 12.8. The highest BCUT2D eigenvalue weighted by molar-refractivity contribution is 5.85. The number of carboxylic acid groups (broad SMARTS) is 1. The van der Waals surface area contributed by atoms with E-state index in [4.69, 9.17) is 0 Å². The van der Waals surface area contributed by atoms with Crippen molar-refractivity contribution < 1.29 is 24.7 Å². The van der Waals surface area contributed by atoms with Crippen molar-refractivity contribution in [1.29, 1.82) is 0 Å². The lowest BCUT2D eigenvalue weighted by atomic mass is 10.0. The zero-order chi connectivity index (χ0) is 18.4. The van der Waals surface area contributed by atoms with Crippen molar-refractivity contribution in [2.75, 3.05) is 0 Å². The van der Waals surface area contributed by atoms with E-state index in [0.29, 0.717) is 5.56 Å². The topological polar surface area (TPSA) is 130 Å². The van der Waals surface area contributed by atoms with Crippen LogP contribution in [0.4, 0.5) is 5.69 Å². The Morgan fingerprint density at radius 3 is 2.40 bits per heavy atom. The van der Waals surface area contributed by atoms with E-state index in [0.717, 1.165) is 6.07 Å². The lowest BCUT2D eigenvalue weighted by molar-refractivity contribution is -0.385. The Morgan fingerprint density at radius 1 is 1.12 bits per heavy atom. The summed E-state index contributed by atoms with van der Waals surface area (Å²) in [7, 11) is 0. The Labute approximate surface area is 142 Å². The van der Waals surface area contributed by atoms with E-state index in [1.807, 2.05) is 0 Å². The summed E-state index contributed by atoms with van der Waals surface area (Å²) in [5, 5.41) is 32.6. The number of nitro benzene ring substituents is 1. The van der Waals surface area contributed by atoms with Crippen molar-refractivity contribution in [3.8, 4) is 0 Å². The minimum atomic E-state index is -1.63. The summed E-state index contributed by atoms with van der Waals surface area (Å²) in [5.74, 6) is -2.02. The standard InChI is InChI=1S/C17H16N2O6/c20-14(9-11-5-2-1-3-6-11)18-15(17(22)23)16(21)12-7-4-8-13(10-12)19(24)25/h1-8,10,15-16,21H,9H2,(H,18,20)(H,22,23)/t15-,16-/m1/s1. The van der Waals surface area contributed by atoms with E-state index >= 15 is 0 Å². The first-order valence-corrected chi connectivity index (χ1v) is 7.37. The minimum absolute atomic E-state index is 0.0293. The van der Waals surface area contributed by atoms with Crippen molar-refractivity contribution in [2.45, 2.75) is 18.6 Å². The SMILES string of the molecule is O=C(Cc1ccccc1)N[C@@H](C(=O)O)[C@H](O)c1cccc([N+](=O)[O-])c1. The zero-order valence-corrected chi connectivity index (χ0v) is 13.0. The van der Waals surface area contributed by atoms with Crippen LogP contribution >= 0.6 is 0 Å². The Morgan fingerprint density at radius 2 is 1.80 bits per heavy atom. The average molecular weight is 344 g/mol. The quantitative estimate of drug-likeness (QED) is 0.515. The molecular formula is C17H16N2O6. The lowest BCUT2D eigenvalue weighted by Crippen LogP contribution is -2.45. The van der Waals surface area contributed by atoms with E-state index in [1.165, 1.54) is 18.2 Å². The average Bonchev–Trinajstić information content (AvgIpc) is 2.60. The molecule has 8 nitrogen and oxygen atoms in total. The number of rotatable bonds is 7. The van der Waals surface area contributed by atoms with Crippen molar-refractivity contribution in [1.82, 2.24) is 5.32 Å². The number of benzene rings is 2. The van der Waals surface area contributed by atoms with Gasteiger partial charge in [0.15, 0.2) is 6.04 Å². The van der Waals surface area contributed by atoms with E-state index in [-0.39, 0.29) is 17.7 Å². The molecule has 2 atom stereocenters. The van der Waals surface area contributed by atoms with Crippen LogP contribution in [0.2, 0.25) is 0 Å². The summed E-state index contributed by atoms with van der Waals surface area (Å²) in [5.41, 5.74) is 0.437. The van der Waals surface area contributed by atoms with Crippen LogP contribution in [0.25, 0.3) is 0 Å². The highest BCUT2D eigenvalue weighted by Crippen LogP contribution is 2.22. The number of carbonyl (C=O) groups excluding carboxylic acids is 1. The van der Waals surface area contributed by atoms with Crippen LogP contribution in [0.1, 0.15) is 17.2 Å². The van der Waals surface area contributed by atoms with Crippen LogP contribution in [-0.2, 0) is 16.0 Å². The number of carbonyl (C=O) groups is 2. The number of hydrogen-bond acceptors (Lipinski definition) is 5. The Kier molecular flexibility index (Phi) is 5.80. The number of carboxylic acids is 1. The molecule has 0 saturated carbocycles. The summed E-state index contributed by atoms with van der Waals surface area (Å²) in [4.78, 5) is 33.6. The van der Waals surface area contributed by atoms with E-state index in [2.05, 4.69) is 5.32 Å². The van der Waals surface area contributed by atoms with Crippen LogP contribution in [-0.4, -0.2) is 33.1 Å². The van der Waals surface area contributed by atoms with E-state index in [1.54, 1.807) is 30.3 Å². The molecule has 2 aromatic rings. The maximum absolute atomic E-state index is 12.0. The fourth-order valence-corrected chi connectivity index (χ4v) is 2.30. The van der Waals surface area contributed by atoms with Crippen molar-refractivity contribution in [2.24, 2.45) is 0 Å². The smallest absolute Gasteiger partial charge is 0.329 e. The molecule has 3 N–H and O–H groups in total. The third-order valence-electron chi connectivity index (χ3n) is 3.53. The third kappa shape index (κ3) is 4.85. The number of amides is 1. The van der Waals surface area contributed by atoms with E-state index in [9.17, 15) is 29.9 Å². The van der Waals surface area contributed by atoms with Crippen LogP contribution in [0.3, 0.4) is 0 Å². The van der Waals surface area contributed by atoms with Crippen molar-refractivity contribution in [3.05, 3.63) is 75.8 Å². The number of aliphatic hydroxyl groups is 1. The molecule has 1 amide bonds. The summed E-state index contributed by atoms with van der Waals surface area (Å²) in [6.07, 6.45) is -1.68. The van der Waals surface area contributed by atoms with Gasteiger partial charge in [0.25, 0.3) is 5.69 Å². The highest BCUT2D eigenvalue weighted by Gasteiger charge is 2.30. The van der Waals surface area contributed by atoms with Gasteiger partial charge in [-0.25, -0.2) is 4.79 Å². The fraction of sp³-hybridized carbons (Fsp3) is 0.176. The number of hydrogen-bond donors (Lipinski definition) is 3. The number of nitrogens with zero attached hydrogens (tertiary/aromatic N) is 1. The maximum Gasteiger partial charge on any atom is 0.329 e. The Hall–Kier alpha value is -3.26. The van der Waals surface area contributed by atoms with Crippen LogP contribution in [0, 0.1) is 10.1 Å². The van der Waals surface area contributed by atoms with Gasteiger partial charge in [-0.2, -0.15) is 0 Å². The predicted molar refractivity (Wildman–Crippen MR) is 87.8 cm³/mol. The zero-order valence-electron chi connectivity index (χ0n) is 13.0. The molecule has 0 fully saturated rings. The molecule has 0 radical (unpaired) electrons. The molecular weight excluding hydrogens is 328 g/mol. The molecule has 2 rings (SSSR count). The Balaban J connectivity index is 2.14. The number of nitrogens with one attached hydrogen (secondary N) is 1. The van der Waals surface area contributed by atoms with Crippen LogP contribution < -0.4 is 5.32 Å². The molecule has 0 aliphatic rings. The van der Waals surface area contributed by atoms with Gasteiger partial charge in [-0.3, -0.25) is 14.9 Å². The molecule has 0 heterocycles. The van der Waals surface area contributed by atoms with Gasteiger partial charge in [0.2, 0.25) is 5.91 Å². The summed E-state index contributed by atoms with van der Waals surface area (Å²) >= 11 is 0. The summed E-state index contributed by atoms with van der Waals surface area (Å²) in [6, 6.07) is 12.1. The van der Waals surface area contributed by atoms with Gasteiger partial charge in [0.1, 0.15) is 6.10 Å². The van der Waals surface area contributed by atoms with Crippen LogP contribution in [0.5, 0.6) is 0 Å². The first kappa shape index (κ1) is 18.1. The van der Waals surface area contributed by atoms with Gasteiger partial charge >= 0.3 is 5.97 Å². The molecule has 0 aliphatic heterocycles. The fourth-order valence-electron chi connectivity index (χ4n) is 2.30. The minimum Gasteiger partial charge on any atom is -0.480 e. The number of non-ortho nitro benzene ring substituents is 1. The molecule has 0 unspecified atom stereocenters. The predicted octanol–water partition coefficient (Wildman–Crippen LogP) is 1.44. The molecule has 0 bridgehead atoms. The summed E-state index contributed by atoms with van der Waals surface area (Å²) < 4.78 is 0. The highest BCUT2D eigenvalue weighted by atomic mass is 16.6. The molecule has 2 aromatic carbocycles. The first-order chi connectivity index (χ1) is 11.9. The molecule has 0 saturated heterocycles. The van der Waals surface area contributed by atoms with Gasteiger partial charge in [0, 0.05) is 12.1 Å². The van der Waals surface area contributed by atoms with Crippen molar-refractivity contribution in [3.63, 3.8) is 0 Å². The van der Waals surface area contributed by atoms with Gasteiger partial charge in [0.05, 0.1) is 11.3 Å². The largest absolute Gasteiger partial charge is 0.480 e. The molecule has 8 heteroatoms. The van der Waals surface area contributed by atoms with Gasteiger partial charge in [-0.15, -0.1) is 0 Å². The molecule has 0 spiro atoms. The Bertz CT molecular complexity index is 778. The number of aliphatic carboxylic acids is 1. The second kappa shape index (κ2) is 8.02. The molecule has 0 aliphatic carbocycles. The second-order valence-corrected chi connectivity index (χ2v) is 5.34. The second-order valence-electron chi connectivity index (χ2n) is 5.34. The van der Waals surface area contributed by atoms with Crippen molar-refractivity contribution >= 4 is 17.6 Å². The number of nitro groups is 1. The first-order valence-electron chi connectivity index (χ1n) is 7.37. The van der Waals surface area contributed by atoms with Gasteiger partial charge in [-0.05, 0) is 11.1 Å².